The van der Waals surface area contributed by atoms with Gasteiger partial charge >= 0.3 is 0 Å². The first-order valence-electron chi connectivity index (χ1n) is 5.13. The monoisotopic (exact) mass is 205 g/mol. The highest BCUT2D eigenvalue weighted by Crippen LogP contribution is 2.22. The molecule has 80 valence electrons. The Labute approximate surface area is 89.3 Å². The van der Waals surface area contributed by atoms with Crippen molar-refractivity contribution in [1.82, 2.24) is 15.1 Å². The molecule has 1 saturated heterocycles. The van der Waals surface area contributed by atoms with Crippen LogP contribution in [0.1, 0.15) is 11.3 Å². The van der Waals surface area contributed by atoms with Crippen molar-refractivity contribution < 1.29 is 0 Å². The second-order valence-electron chi connectivity index (χ2n) is 3.76. The summed E-state index contributed by atoms with van der Waals surface area (Å²) in [6.45, 7) is 5.69. The van der Waals surface area contributed by atoms with Crippen LogP contribution in [0.25, 0.3) is 0 Å². The number of aromatic nitrogens is 2. The molecule has 0 aliphatic carbocycles. The lowest BCUT2D eigenvalue weighted by Gasteiger charge is -2.29. The summed E-state index contributed by atoms with van der Waals surface area (Å²) in [5.41, 5.74) is 1.52. The third kappa shape index (κ3) is 1.68. The summed E-state index contributed by atoms with van der Waals surface area (Å²) < 4.78 is 1.80. The number of nitrogens with one attached hydrogen (secondary N) is 1. The minimum absolute atomic E-state index is 0.708. The normalized spacial score (nSPS) is 16.5. The smallest absolute Gasteiger partial charge is 0.145 e. The van der Waals surface area contributed by atoms with E-state index in [0.29, 0.717) is 5.56 Å². The number of hydrogen-bond donors (Lipinski definition) is 1. The van der Waals surface area contributed by atoms with E-state index in [4.69, 9.17) is 5.26 Å². The molecule has 5 heteroatoms. The van der Waals surface area contributed by atoms with E-state index in [0.717, 1.165) is 37.7 Å². The molecule has 0 unspecified atom stereocenters. The van der Waals surface area contributed by atoms with Gasteiger partial charge < -0.3 is 10.2 Å². The number of hydrogen-bond acceptors (Lipinski definition) is 4. The maximum Gasteiger partial charge on any atom is 0.145 e. The number of anilines is 1. The van der Waals surface area contributed by atoms with Crippen LogP contribution in [-0.2, 0) is 7.05 Å². The predicted octanol–water partition coefficient (Wildman–Crippen LogP) is 0.00980. The molecule has 2 heterocycles. The predicted molar refractivity (Wildman–Crippen MR) is 57.7 cm³/mol. The molecule has 0 atom stereocenters. The Morgan fingerprint density at radius 1 is 1.40 bits per heavy atom. The number of aryl methyl sites for hydroxylation is 2. The van der Waals surface area contributed by atoms with Crippen LogP contribution in [0, 0.1) is 18.3 Å². The van der Waals surface area contributed by atoms with Crippen molar-refractivity contribution in [3.8, 4) is 6.07 Å². The second-order valence-corrected chi connectivity index (χ2v) is 3.76. The molecule has 1 N–H and O–H groups in total. The van der Waals surface area contributed by atoms with Crippen molar-refractivity contribution in [2.45, 2.75) is 6.92 Å². The van der Waals surface area contributed by atoms with Crippen LogP contribution < -0.4 is 10.2 Å². The molecule has 0 amide bonds. The molecule has 15 heavy (non-hydrogen) atoms. The summed E-state index contributed by atoms with van der Waals surface area (Å²) in [4.78, 5) is 2.22. The molecule has 1 aliphatic rings. The number of nitriles is 1. The second kappa shape index (κ2) is 3.91. The van der Waals surface area contributed by atoms with Crippen LogP contribution >= 0.6 is 0 Å². The molecule has 5 nitrogen and oxygen atoms in total. The Morgan fingerprint density at radius 3 is 2.67 bits per heavy atom. The Kier molecular flexibility index (Phi) is 2.60. The van der Waals surface area contributed by atoms with Gasteiger partial charge in [0.15, 0.2) is 0 Å². The molecule has 0 saturated carbocycles. The molecule has 1 aromatic heterocycles. The minimum Gasteiger partial charge on any atom is -0.353 e. The molecule has 0 spiro atoms. The highest BCUT2D eigenvalue weighted by Gasteiger charge is 2.20. The quantitative estimate of drug-likeness (QED) is 0.701. The molecular weight excluding hydrogens is 190 g/mol. The Balaban J connectivity index is 2.37. The summed E-state index contributed by atoms with van der Waals surface area (Å²) in [6, 6.07) is 2.24. The summed E-state index contributed by atoms with van der Waals surface area (Å²) in [7, 11) is 1.89. The summed E-state index contributed by atoms with van der Waals surface area (Å²) in [5, 5.41) is 16.7. The number of rotatable bonds is 1. The average molecular weight is 205 g/mol. The van der Waals surface area contributed by atoms with Gasteiger partial charge in [-0.1, -0.05) is 0 Å². The third-order valence-electron chi connectivity index (χ3n) is 2.72. The molecular formula is C10H15N5. The highest BCUT2D eigenvalue weighted by atomic mass is 15.4. The Bertz CT molecular complexity index is 395. The van der Waals surface area contributed by atoms with Crippen molar-refractivity contribution in [3.05, 3.63) is 11.3 Å². The lowest BCUT2D eigenvalue weighted by Crippen LogP contribution is -2.44. The fraction of sp³-hybridized carbons (Fsp3) is 0.600. The summed E-state index contributed by atoms with van der Waals surface area (Å²) in [6.07, 6.45) is 0. The Morgan fingerprint density at radius 2 is 2.07 bits per heavy atom. The zero-order chi connectivity index (χ0) is 10.8. The van der Waals surface area contributed by atoms with Gasteiger partial charge in [-0.15, -0.1) is 0 Å². The average Bonchev–Trinajstić information content (AvgIpc) is 2.54. The van der Waals surface area contributed by atoms with E-state index in [-0.39, 0.29) is 0 Å². The van der Waals surface area contributed by atoms with Gasteiger partial charge in [-0.25, -0.2) is 0 Å². The van der Waals surface area contributed by atoms with Gasteiger partial charge in [0.2, 0.25) is 0 Å². The molecule has 1 aromatic rings. The standard InChI is InChI=1S/C10H15N5/c1-8-9(7-11)10(14(2)13-8)15-5-3-12-4-6-15/h12H,3-6H2,1-2H3. The molecule has 1 fully saturated rings. The van der Waals surface area contributed by atoms with E-state index in [9.17, 15) is 0 Å². The van der Waals surface area contributed by atoms with Gasteiger partial charge in [0.05, 0.1) is 5.69 Å². The lowest BCUT2D eigenvalue weighted by atomic mass is 10.2. The zero-order valence-corrected chi connectivity index (χ0v) is 9.12. The fourth-order valence-corrected chi connectivity index (χ4v) is 2.02. The minimum atomic E-state index is 0.708. The largest absolute Gasteiger partial charge is 0.353 e. The lowest BCUT2D eigenvalue weighted by molar-refractivity contribution is 0.572. The fourth-order valence-electron chi connectivity index (χ4n) is 2.02. The van der Waals surface area contributed by atoms with E-state index in [1.807, 2.05) is 14.0 Å². The first kappa shape index (κ1) is 9.99. The Hall–Kier alpha value is -1.54. The van der Waals surface area contributed by atoms with Gasteiger partial charge in [-0.2, -0.15) is 10.4 Å². The van der Waals surface area contributed by atoms with E-state index >= 15 is 0 Å². The van der Waals surface area contributed by atoms with Crippen LogP contribution in [0.4, 0.5) is 5.82 Å². The van der Waals surface area contributed by atoms with Gasteiger partial charge in [-0.3, -0.25) is 4.68 Å². The van der Waals surface area contributed by atoms with Crippen LogP contribution in [0.5, 0.6) is 0 Å². The van der Waals surface area contributed by atoms with Crippen LogP contribution in [0.3, 0.4) is 0 Å². The highest BCUT2D eigenvalue weighted by molar-refractivity contribution is 5.57. The number of nitrogens with zero attached hydrogens (tertiary/aromatic N) is 4. The molecule has 1 aliphatic heterocycles. The maximum atomic E-state index is 9.10. The van der Waals surface area contributed by atoms with Crippen LogP contribution in [0.2, 0.25) is 0 Å². The van der Waals surface area contributed by atoms with Crippen molar-refractivity contribution >= 4 is 5.82 Å². The van der Waals surface area contributed by atoms with Crippen LogP contribution in [0.15, 0.2) is 0 Å². The van der Waals surface area contributed by atoms with Crippen molar-refractivity contribution in [2.75, 3.05) is 31.1 Å². The van der Waals surface area contributed by atoms with E-state index in [1.54, 1.807) is 4.68 Å². The maximum absolute atomic E-state index is 9.10. The first-order chi connectivity index (χ1) is 7.24. The topological polar surface area (TPSA) is 56.9 Å². The summed E-state index contributed by atoms with van der Waals surface area (Å²) >= 11 is 0. The van der Waals surface area contributed by atoms with E-state index in [2.05, 4.69) is 21.4 Å². The third-order valence-corrected chi connectivity index (χ3v) is 2.72. The molecule has 2 rings (SSSR count). The van der Waals surface area contributed by atoms with Crippen molar-refractivity contribution in [2.24, 2.45) is 7.05 Å². The van der Waals surface area contributed by atoms with Gasteiger partial charge in [0.1, 0.15) is 17.5 Å². The van der Waals surface area contributed by atoms with Crippen molar-refractivity contribution in [3.63, 3.8) is 0 Å². The van der Waals surface area contributed by atoms with Gasteiger partial charge in [0, 0.05) is 33.2 Å². The first-order valence-corrected chi connectivity index (χ1v) is 5.13. The molecule has 0 aromatic carbocycles. The van der Waals surface area contributed by atoms with E-state index < -0.39 is 0 Å². The molecule has 0 radical (unpaired) electrons. The van der Waals surface area contributed by atoms with Gasteiger partial charge in [-0.05, 0) is 6.92 Å². The molecule has 0 bridgehead atoms. The van der Waals surface area contributed by atoms with E-state index in [1.165, 1.54) is 0 Å². The van der Waals surface area contributed by atoms with Crippen LogP contribution in [-0.4, -0.2) is 36.0 Å². The SMILES string of the molecule is Cc1nn(C)c(N2CCNCC2)c1C#N. The zero-order valence-electron chi connectivity index (χ0n) is 9.12. The van der Waals surface area contributed by atoms with Crippen molar-refractivity contribution in [1.29, 1.82) is 5.26 Å². The summed E-state index contributed by atoms with van der Waals surface area (Å²) in [5.74, 6) is 0.955. The van der Waals surface area contributed by atoms with Gasteiger partial charge in [0.25, 0.3) is 0 Å². The number of piperazine rings is 1.